The summed E-state index contributed by atoms with van der Waals surface area (Å²) in [5.74, 6) is -0.366. The molecule has 1 heterocycles. The summed E-state index contributed by atoms with van der Waals surface area (Å²) in [4.78, 5) is 14.0. The van der Waals surface area contributed by atoms with Gasteiger partial charge in [-0.05, 0) is 37.3 Å². The molecule has 1 aromatic heterocycles. The Kier molecular flexibility index (Phi) is 4.06. The van der Waals surface area contributed by atoms with E-state index in [1.54, 1.807) is 29.5 Å². The first-order valence-corrected chi connectivity index (χ1v) is 6.69. The van der Waals surface area contributed by atoms with Crippen molar-refractivity contribution in [2.24, 2.45) is 0 Å². The number of methoxy groups -OCH3 is 1. The molecule has 3 N–H and O–H groups in total. The van der Waals surface area contributed by atoms with Gasteiger partial charge in [0.15, 0.2) is 0 Å². The van der Waals surface area contributed by atoms with Crippen molar-refractivity contribution in [3.63, 3.8) is 0 Å². The van der Waals surface area contributed by atoms with Crippen molar-refractivity contribution in [2.45, 2.75) is 13.5 Å². The molecule has 0 spiro atoms. The maximum atomic E-state index is 11.5. The van der Waals surface area contributed by atoms with Crippen LogP contribution in [0.15, 0.2) is 30.3 Å². The van der Waals surface area contributed by atoms with Crippen LogP contribution in [0.2, 0.25) is 0 Å². The van der Waals surface area contributed by atoms with Gasteiger partial charge in [0.1, 0.15) is 0 Å². The van der Waals surface area contributed by atoms with Gasteiger partial charge in [-0.1, -0.05) is 0 Å². The van der Waals surface area contributed by atoms with Gasteiger partial charge in [0.05, 0.1) is 24.0 Å². The van der Waals surface area contributed by atoms with Crippen LogP contribution in [-0.4, -0.2) is 13.1 Å². The van der Waals surface area contributed by atoms with Crippen LogP contribution in [0.3, 0.4) is 0 Å². The lowest BCUT2D eigenvalue weighted by atomic mass is 10.1. The summed E-state index contributed by atoms with van der Waals surface area (Å²) in [6, 6.07) is 9.22. The fraction of sp³-hybridized carbons (Fsp3) is 0.214. The number of nitrogens with one attached hydrogen (secondary N) is 1. The number of hydrogen-bond donors (Lipinski definition) is 2. The highest BCUT2D eigenvalue weighted by Gasteiger charge is 2.08. The first kappa shape index (κ1) is 13.4. The molecule has 0 saturated carbocycles. The molecule has 1 aromatic carbocycles. The molecule has 5 heteroatoms. The Morgan fingerprint density at radius 2 is 2.16 bits per heavy atom. The number of benzene rings is 1. The molecule has 0 fully saturated rings. The molecule has 2 aromatic rings. The topological polar surface area (TPSA) is 64.3 Å². The number of ether oxygens (including phenoxy) is 1. The lowest BCUT2D eigenvalue weighted by molar-refractivity contribution is 0.0601. The van der Waals surface area contributed by atoms with Crippen LogP contribution < -0.4 is 11.1 Å². The van der Waals surface area contributed by atoms with Crippen LogP contribution >= 0.6 is 11.3 Å². The van der Waals surface area contributed by atoms with Gasteiger partial charge in [0.2, 0.25) is 0 Å². The number of thiophene rings is 1. The summed E-state index contributed by atoms with van der Waals surface area (Å²) in [5, 5.41) is 3.24. The Hall–Kier alpha value is -2.01. The van der Waals surface area contributed by atoms with Crippen LogP contribution in [0.4, 0.5) is 11.4 Å². The number of aryl methyl sites for hydroxylation is 1. The number of nitrogen functional groups attached to an aromatic ring is 1. The van der Waals surface area contributed by atoms with Gasteiger partial charge in [0.25, 0.3) is 0 Å². The minimum Gasteiger partial charge on any atom is -0.465 e. The van der Waals surface area contributed by atoms with Gasteiger partial charge >= 0.3 is 5.97 Å². The molecular formula is C14H16N2O2S. The van der Waals surface area contributed by atoms with Crippen molar-refractivity contribution in [1.82, 2.24) is 0 Å². The number of carbonyl (C=O) groups excluding carboxylic acids is 1. The molecule has 2 rings (SSSR count). The highest BCUT2D eigenvalue weighted by Crippen LogP contribution is 2.23. The van der Waals surface area contributed by atoms with Gasteiger partial charge in [-0.25, -0.2) is 4.79 Å². The zero-order valence-electron chi connectivity index (χ0n) is 10.9. The van der Waals surface area contributed by atoms with E-state index in [2.05, 4.69) is 24.4 Å². The lowest BCUT2D eigenvalue weighted by Gasteiger charge is -2.09. The van der Waals surface area contributed by atoms with E-state index in [-0.39, 0.29) is 5.97 Å². The molecule has 19 heavy (non-hydrogen) atoms. The maximum Gasteiger partial charge on any atom is 0.337 e. The Morgan fingerprint density at radius 1 is 1.37 bits per heavy atom. The molecule has 0 bridgehead atoms. The third-order valence-electron chi connectivity index (χ3n) is 2.72. The van der Waals surface area contributed by atoms with Crippen molar-refractivity contribution in [1.29, 1.82) is 0 Å². The molecule has 0 amide bonds. The molecule has 0 aliphatic rings. The summed E-state index contributed by atoms with van der Waals surface area (Å²) in [6.45, 7) is 2.76. The fourth-order valence-corrected chi connectivity index (χ4v) is 2.55. The van der Waals surface area contributed by atoms with Gasteiger partial charge < -0.3 is 15.8 Å². The van der Waals surface area contributed by atoms with Gasteiger partial charge in [-0.15, -0.1) is 11.3 Å². The number of hydrogen-bond acceptors (Lipinski definition) is 5. The van der Waals surface area contributed by atoms with Crippen LogP contribution in [0, 0.1) is 6.92 Å². The molecule has 0 unspecified atom stereocenters. The SMILES string of the molecule is COC(=O)c1ccc(N)c(NCc2ccc(C)s2)c1. The summed E-state index contributed by atoms with van der Waals surface area (Å²) in [5.41, 5.74) is 7.73. The van der Waals surface area contributed by atoms with Crippen molar-refractivity contribution >= 4 is 28.7 Å². The van der Waals surface area contributed by atoms with Crippen LogP contribution in [0.1, 0.15) is 20.1 Å². The van der Waals surface area contributed by atoms with E-state index in [9.17, 15) is 4.79 Å². The summed E-state index contributed by atoms with van der Waals surface area (Å²) in [6.07, 6.45) is 0. The summed E-state index contributed by atoms with van der Waals surface area (Å²) in [7, 11) is 1.36. The van der Waals surface area contributed by atoms with E-state index in [1.807, 2.05) is 0 Å². The molecule has 100 valence electrons. The first-order chi connectivity index (χ1) is 9.10. The van der Waals surface area contributed by atoms with Gasteiger partial charge in [0, 0.05) is 16.3 Å². The standard InChI is InChI=1S/C14H16N2O2S/c1-9-3-5-11(19-9)8-16-13-7-10(14(17)18-2)4-6-12(13)15/h3-7,16H,8,15H2,1-2H3. The number of rotatable bonds is 4. The lowest BCUT2D eigenvalue weighted by Crippen LogP contribution is -2.05. The quantitative estimate of drug-likeness (QED) is 0.665. The maximum absolute atomic E-state index is 11.5. The Labute approximate surface area is 116 Å². The second-order valence-electron chi connectivity index (χ2n) is 4.16. The highest BCUT2D eigenvalue weighted by atomic mass is 32.1. The van der Waals surface area contributed by atoms with E-state index in [4.69, 9.17) is 10.5 Å². The van der Waals surface area contributed by atoms with E-state index in [0.717, 1.165) is 5.69 Å². The number of nitrogens with two attached hydrogens (primary N) is 1. The van der Waals surface area contributed by atoms with E-state index >= 15 is 0 Å². The molecular weight excluding hydrogens is 260 g/mol. The third kappa shape index (κ3) is 3.26. The zero-order valence-corrected chi connectivity index (χ0v) is 11.7. The second kappa shape index (κ2) is 5.75. The average Bonchev–Trinajstić information content (AvgIpc) is 2.82. The summed E-state index contributed by atoms with van der Waals surface area (Å²) >= 11 is 1.73. The number of anilines is 2. The minimum atomic E-state index is -0.366. The second-order valence-corrected chi connectivity index (χ2v) is 5.53. The van der Waals surface area contributed by atoms with E-state index < -0.39 is 0 Å². The molecule has 0 saturated heterocycles. The van der Waals surface area contributed by atoms with Crippen molar-refractivity contribution in [3.8, 4) is 0 Å². The number of esters is 1. The Morgan fingerprint density at radius 3 is 2.79 bits per heavy atom. The van der Waals surface area contributed by atoms with Crippen molar-refractivity contribution in [2.75, 3.05) is 18.2 Å². The smallest absolute Gasteiger partial charge is 0.337 e. The zero-order chi connectivity index (χ0) is 13.8. The van der Waals surface area contributed by atoms with Crippen LogP contribution in [0.25, 0.3) is 0 Å². The van der Waals surface area contributed by atoms with E-state index in [1.165, 1.54) is 16.9 Å². The monoisotopic (exact) mass is 276 g/mol. The number of carbonyl (C=O) groups is 1. The van der Waals surface area contributed by atoms with Crippen LogP contribution in [0.5, 0.6) is 0 Å². The van der Waals surface area contributed by atoms with Crippen molar-refractivity contribution in [3.05, 3.63) is 45.6 Å². The van der Waals surface area contributed by atoms with Gasteiger partial charge in [-0.2, -0.15) is 0 Å². The Bertz CT molecular complexity index is 593. The molecule has 0 aliphatic heterocycles. The predicted octanol–water partition coefficient (Wildman–Crippen LogP) is 3.04. The molecule has 4 nitrogen and oxygen atoms in total. The summed E-state index contributed by atoms with van der Waals surface area (Å²) < 4.78 is 4.69. The third-order valence-corrected chi connectivity index (χ3v) is 3.72. The largest absolute Gasteiger partial charge is 0.465 e. The molecule has 0 aliphatic carbocycles. The normalized spacial score (nSPS) is 10.2. The predicted molar refractivity (Wildman–Crippen MR) is 78.6 cm³/mol. The average molecular weight is 276 g/mol. The van der Waals surface area contributed by atoms with E-state index in [0.29, 0.717) is 17.8 Å². The van der Waals surface area contributed by atoms with Gasteiger partial charge in [-0.3, -0.25) is 0 Å². The highest BCUT2D eigenvalue weighted by molar-refractivity contribution is 7.11. The minimum absolute atomic E-state index is 0.366. The Balaban J connectivity index is 2.12. The van der Waals surface area contributed by atoms with Crippen molar-refractivity contribution < 1.29 is 9.53 Å². The molecule has 0 radical (unpaired) electrons. The fourth-order valence-electron chi connectivity index (χ4n) is 1.72. The molecule has 0 atom stereocenters. The first-order valence-electron chi connectivity index (χ1n) is 5.87. The van der Waals surface area contributed by atoms with Crippen LogP contribution in [-0.2, 0) is 11.3 Å².